The highest BCUT2D eigenvalue weighted by atomic mass is 79.9. The van der Waals surface area contributed by atoms with Gasteiger partial charge in [-0.25, -0.2) is 13.2 Å². The number of esters is 1. The van der Waals surface area contributed by atoms with Crippen LogP contribution < -0.4 is 4.72 Å². The Hall–Kier alpha value is -1.38. The van der Waals surface area contributed by atoms with Crippen LogP contribution in [0.15, 0.2) is 39.0 Å². The second kappa shape index (κ2) is 6.17. The number of benzene rings is 1. The molecule has 0 aliphatic heterocycles. The number of hydrogen-bond acceptors (Lipinski definition) is 5. The lowest BCUT2D eigenvalue weighted by Gasteiger charge is -2.11. The molecule has 1 aromatic heterocycles. The van der Waals surface area contributed by atoms with Crippen molar-refractivity contribution >= 4 is 48.9 Å². The maximum Gasteiger partial charge on any atom is 0.349 e. The standard InChI is InChI=1S/C13H12BrNO4S2/c1-8-7-9(14)3-4-10(8)15-21(17,18)11-5-6-20-12(11)13(16)19-2/h3-7,15H,1-2H3. The molecule has 0 fully saturated rings. The molecule has 0 aliphatic rings. The predicted octanol–water partition coefficient (Wildman–Crippen LogP) is 3.41. The first-order chi connectivity index (χ1) is 9.85. The molecule has 0 unspecified atom stereocenters. The van der Waals surface area contributed by atoms with Crippen LogP contribution >= 0.6 is 27.3 Å². The molecule has 0 amide bonds. The van der Waals surface area contributed by atoms with E-state index in [1.807, 2.05) is 0 Å². The molecule has 0 radical (unpaired) electrons. The van der Waals surface area contributed by atoms with Gasteiger partial charge >= 0.3 is 5.97 Å². The Morgan fingerprint density at radius 2 is 2.05 bits per heavy atom. The Morgan fingerprint density at radius 3 is 2.67 bits per heavy atom. The molecule has 112 valence electrons. The number of nitrogens with one attached hydrogen (secondary N) is 1. The third-order valence-corrected chi connectivity index (χ3v) is 5.65. The molecule has 1 N–H and O–H groups in total. The van der Waals surface area contributed by atoms with E-state index >= 15 is 0 Å². The van der Waals surface area contributed by atoms with Crippen molar-refractivity contribution in [2.75, 3.05) is 11.8 Å². The van der Waals surface area contributed by atoms with Gasteiger partial charge in [0.1, 0.15) is 9.77 Å². The zero-order valence-corrected chi connectivity index (χ0v) is 14.4. The maximum absolute atomic E-state index is 12.4. The van der Waals surface area contributed by atoms with Crippen LogP contribution in [0.2, 0.25) is 0 Å². The molecular formula is C13H12BrNO4S2. The Morgan fingerprint density at radius 1 is 1.33 bits per heavy atom. The number of hydrogen-bond donors (Lipinski definition) is 1. The largest absolute Gasteiger partial charge is 0.465 e. The number of sulfonamides is 1. The number of anilines is 1. The van der Waals surface area contributed by atoms with E-state index in [1.54, 1.807) is 25.1 Å². The van der Waals surface area contributed by atoms with E-state index in [2.05, 4.69) is 25.4 Å². The molecule has 0 aliphatic carbocycles. The highest BCUT2D eigenvalue weighted by Gasteiger charge is 2.25. The quantitative estimate of drug-likeness (QED) is 0.813. The minimum atomic E-state index is -3.85. The molecule has 1 heterocycles. The summed E-state index contributed by atoms with van der Waals surface area (Å²) in [6.45, 7) is 1.79. The Bertz CT molecular complexity index is 783. The molecule has 0 spiro atoms. The Kier molecular flexibility index (Phi) is 4.70. The van der Waals surface area contributed by atoms with E-state index in [0.29, 0.717) is 5.69 Å². The van der Waals surface area contributed by atoms with Crippen LogP contribution in [0.25, 0.3) is 0 Å². The SMILES string of the molecule is COC(=O)c1sccc1S(=O)(=O)Nc1ccc(Br)cc1C. The average molecular weight is 390 g/mol. The van der Waals surface area contributed by atoms with Gasteiger partial charge in [-0.3, -0.25) is 4.72 Å². The second-order valence-electron chi connectivity index (χ2n) is 4.17. The number of rotatable bonds is 4. The molecule has 0 saturated carbocycles. The van der Waals surface area contributed by atoms with Crippen molar-refractivity contribution in [2.24, 2.45) is 0 Å². The van der Waals surface area contributed by atoms with Gasteiger partial charge in [0.2, 0.25) is 0 Å². The molecule has 0 saturated heterocycles. The first kappa shape index (κ1) is 16.0. The smallest absolute Gasteiger partial charge is 0.349 e. The van der Waals surface area contributed by atoms with Gasteiger partial charge < -0.3 is 4.74 Å². The van der Waals surface area contributed by atoms with Crippen molar-refractivity contribution in [3.63, 3.8) is 0 Å². The van der Waals surface area contributed by atoms with Gasteiger partial charge in [-0.05, 0) is 42.1 Å². The van der Waals surface area contributed by atoms with Gasteiger partial charge in [0.05, 0.1) is 12.8 Å². The number of aryl methyl sites for hydroxylation is 1. The van der Waals surface area contributed by atoms with E-state index in [0.717, 1.165) is 21.4 Å². The van der Waals surface area contributed by atoms with Gasteiger partial charge in [-0.1, -0.05) is 15.9 Å². The van der Waals surface area contributed by atoms with Crippen LogP contribution in [-0.4, -0.2) is 21.5 Å². The summed E-state index contributed by atoms with van der Waals surface area (Å²) in [5.74, 6) is -0.669. The highest BCUT2D eigenvalue weighted by Crippen LogP contribution is 2.27. The molecule has 21 heavy (non-hydrogen) atoms. The lowest BCUT2D eigenvalue weighted by molar-refractivity contribution is 0.0602. The summed E-state index contributed by atoms with van der Waals surface area (Å²) in [6, 6.07) is 6.57. The zero-order chi connectivity index (χ0) is 15.6. The lowest BCUT2D eigenvalue weighted by Crippen LogP contribution is -2.16. The number of methoxy groups -OCH3 is 1. The molecule has 5 nitrogen and oxygen atoms in total. The summed E-state index contributed by atoms with van der Waals surface area (Å²) in [7, 11) is -2.63. The fraction of sp³-hybridized carbons (Fsp3) is 0.154. The first-order valence-electron chi connectivity index (χ1n) is 5.80. The van der Waals surface area contributed by atoms with E-state index in [-0.39, 0.29) is 9.77 Å². The third kappa shape index (κ3) is 3.45. The predicted molar refractivity (Wildman–Crippen MR) is 85.3 cm³/mol. The minimum absolute atomic E-state index is 0.0553. The van der Waals surface area contributed by atoms with Crippen molar-refractivity contribution in [3.05, 3.63) is 44.6 Å². The average Bonchev–Trinajstić information content (AvgIpc) is 2.91. The van der Waals surface area contributed by atoms with Crippen LogP contribution in [-0.2, 0) is 14.8 Å². The van der Waals surface area contributed by atoms with Crippen molar-refractivity contribution in [3.8, 4) is 0 Å². The number of carbonyl (C=O) groups excluding carboxylic acids is 1. The normalized spacial score (nSPS) is 11.2. The molecule has 2 rings (SSSR count). The van der Waals surface area contributed by atoms with Gasteiger partial charge in [0.25, 0.3) is 10.0 Å². The second-order valence-corrected chi connectivity index (χ2v) is 7.65. The number of ether oxygens (including phenoxy) is 1. The molecule has 2 aromatic rings. The summed E-state index contributed by atoms with van der Waals surface area (Å²) < 4.78 is 32.8. The number of thiophene rings is 1. The van der Waals surface area contributed by atoms with Crippen LogP contribution in [0, 0.1) is 6.92 Å². The maximum atomic E-state index is 12.4. The van der Waals surface area contributed by atoms with E-state index < -0.39 is 16.0 Å². The molecule has 8 heteroatoms. The van der Waals surface area contributed by atoms with Gasteiger partial charge in [-0.15, -0.1) is 11.3 Å². The zero-order valence-electron chi connectivity index (χ0n) is 11.2. The van der Waals surface area contributed by atoms with Crippen LogP contribution in [0.5, 0.6) is 0 Å². The van der Waals surface area contributed by atoms with Crippen molar-refractivity contribution in [1.82, 2.24) is 0 Å². The van der Waals surface area contributed by atoms with Gasteiger partial charge in [0.15, 0.2) is 0 Å². The summed E-state index contributed by atoms with van der Waals surface area (Å²) in [6.07, 6.45) is 0. The van der Waals surface area contributed by atoms with Crippen molar-refractivity contribution in [1.29, 1.82) is 0 Å². The summed E-state index contributed by atoms with van der Waals surface area (Å²) in [5, 5.41) is 1.54. The lowest BCUT2D eigenvalue weighted by atomic mass is 10.2. The third-order valence-electron chi connectivity index (χ3n) is 2.72. The highest BCUT2D eigenvalue weighted by molar-refractivity contribution is 9.10. The molecular weight excluding hydrogens is 378 g/mol. The summed E-state index contributed by atoms with van der Waals surface area (Å²) in [4.78, 5) is 11.6. The fourth-order valence-corrected chi connectivity index (χ4v) is 4.63. The Balaban J connectivity index is 2.39. The topological polar surface area (TPSA) is 72.5 Å². The number of carbonyl (C=O) groups is 1. The van der Waals surface area contributed by atoms with E-state index in [9.17, 15) is 13.2 Å². The van der Waals surface area contributed by atoms with Crippen molar-refractivity contribution < 1.29 is 17.9 Å². The summed E-state index contributed by atoms with van der Waals surface area (Å²) in [5.41, 5.74) is 1.23. The van der Waals surface area contributed by atoms with Gasteiger partial charge in [0, 0.05) is 4.47 Å². The van der Waals surface area contributed by atoms with Crippen LogP contribution in [0.4, 0.5) is 5.69 Å². The fourth-order valence-electron chi connectivity index (χ4n) is 1.69. The van der Waals surface area contributed by atoms with Gasteiger partial charge in [-0.2, -0.15) is 0 Å². The van der Waals surface area contributed by atoms with E-state index in [4.69, 9.17) is 0 Å². The molecule has 1 aromatic carbocycles. The van der Waals surface area contributed by atoms with Crippen LogP contribution in [0.3, 0.4) is 0 Å². The van der Waals surface area contributed by atoms with Crippen molar-refractivity contribution in [2.45, 2.75) is 11.8 Å². The molecule has 0 atom stereocenters. The number of halogens is 1. The summed E-state index contributed by atoms with van der Waals surface area (Å²) >= 11 is 4.34. The van der Waals surface area contributed by atoms with Crippen LogP contribution in [0.1, 0.15) is 15.2 Å². The monoisotopic (exact) mass is 389 g/mol. The first-order valence-corrected chi connectivity index (χ1v) is 8.95. The molecule has 0 bridgehead atoms. The minimum Gasteiger partial charge on any atom is -0.465 e. The Labute approximate surface area is 135 Å². The van der Waals surface area contributed by atoms with E-state index in [1.165, 1.54) is 18.6 Å².